The van der Waals surface area contributed by atoms with Crippen molar-refractivity contribution in [3.63, 3.8) is 0 Å². The number of imide groups is 3. The first kappa shape index (κ1) is 10.9. The van der Waals surface area contributed by atoms with Gasteiger partial charge in [-0.2, -0.15) is 9.59 Å². The van der Waals surface area contributed by atoms with Gasteiger partial charge in [0, 0.05) is 0 Å². The van der Waals surface area contributed by atoms with Gasteiger partial charge in [-0.15, -0.1) is 11.6 Å². The highest BCUT2D eigenvalue weighted by molar-refractivity contribution is 6.27. The molecule has 0 bridgehead atoms. The van der Waals surface area contributed by atoms with Crippen molar-refractivity contribution in [3.05, 3.63) is 0 Å². The number of hydrogen-bond acceptors (Lipinski definition) is 3. The molecule has 0 aliphatic rings. The third kappa shape index (κ3) is 1.54. The predicted molar refractivity (Wildman–Crippen MR) is 38.0 cm³/mol. The SMILES string of the molecule is C[N+](C(=O)O)(C(=O)O)C(=O)CCl. The standard InChI is InChI=1S/C5H6ClNO5/c1-7(4(9)10,5(11)12)3(8)2-6/h2H2,1H3,(H-,9,10,11,12)/p+1. The second-order valence-corrected chi connectivity index (χ2v) is 2.37. The summed E-state index contributed by atoms with van der Waals surface area (Å²) in [6, 6.07) is 0. The van der Waals surface area contributed by atoms with E-state index >= 15 is 0 Å². The topological polar surface area (TPSA) is 91.7 Å². The number of nitrogens with zero attached hydrogens (tertiary/aromatic N) is 1. The van der Waals surface area contributed by atoms with Crippen LogP contribution in [0.3, 0.4) is 0 Å². The number of halogens is 1. The van der Waals surface area contributed by atoms with E-state index in [-0.39, 0.29) is 0 Å². The molecule has 0 rings (SSSR count). The van der Waals surface area contributed by atoms with Crippen LogP contribution in [-0.2, 0) is 4.79 Å². The maximum absolute atomic E-state index is 10.8. The highest BCUT2D eigenvalue weighted by atomic mass is 35.5. The van der Waals surface area contributed by atoms with E-state index in [0.29, 0.717) is 0 Å². The number of carbonyl (C=O) groups excluding carboxylic acids is 1. The number of carboxylic acid groups (broad SMARTS) is 2. The first-order valence-electron chi connectivity index (χ1n) is 2.80. The van der Waals surface area contributed by atoms with E-state index in [9.17, 15) is 14.4 Å². The van der Waals surface area contributed by atoms with Crippen LogP contribution in [0.1, 0.15) is 0 Å². The molecular weight excluding hydrogens is 190 g/mol. The van der Waals surface area contributed by atoms with E-state index in [1.54, 1.807) is 0 Å². The van der Waals surface area contributed by atoms with Crippen molar-refractivity contribution >= 4 is 29.7 Å². The summed E-state index contributed by atoms with van der Waals surface area (Å²) >= 11 is 5.03. The fourth-order valence-electron chi connectivity index (χ4n) is 0.415. The van der Waals surface area contributed by atoms with Crippen molar-refractivity contribution in [2.45, 2.75) is 0 Å². The van der Waals surface area contributed by atoms with Gasteiger partial charge >= 0.3 is 18.1 Å². The lowest BCUT2D eigenvalue weighted by atomic mass is 10.5. The molecule has 0 spiro atoms. The first-order valence-corrected chi connectivity index (χ1v) is 3.33. The van der Waals surface area contributed by atoms with E-state index in [0.717, 1.165) is 7.05 Å². The molecule has 2 N–H and O–H groups in total. The zero-order valence-electron chi connectivity index (χ0n) is 6.15. The van der Waals surface area contributed by atoms with Crippen LogP contribution < -0.4 is 0 Å². The van der Waals surface area contributed by atoms with Gasteiger partial charge in [-0.25, -0.2) is 4.79 Å². The van der Waals surface area contributed by atoms with E-state index in [1.165, 1.54) is 0 Å². The van der Waals surface area contributed by atoms with Crippen molar-refractivity contribution in [2.24, 2.45) is 0 Å². The van der Waals surface area contributed by atoms with E-state index in [4.69, 9.17) is 21.8 Å². The van der Waals surface area contributed by atoms with Crippen LogP contribution in [0.15, 0.2) is 0 Å². The average molecular weight is 197 g/mol. The zero-order chi connectivity index (χ0) is 9.94. The molecule has 0 aliphatic carbocycles. The van der Waals surface area contributed by atoms with Gasteiger partial charge in [0.05, 0.1) is 7.05 Å². The molecule has 0 atom stereocenters. The van der Waals surface area contributed by atoms with Gasteiger partial charge in [-0.05, 0) is 0 Å². The van der Waals surface area contributed by atoms with Crippen LogP contribution in [0.25, 0.3) is 0 Å². The highest BCUT2D eigenvalue weighted by Crippen LogP contribution is 2.06. The summed E-state index contributed by atoms with van der Waals surface area (Å²) in [5.74, 6) is -1.76. The molecule has 0 aromatic heterocycles. The summed E-state index contributed by atoms with van der Waals surface area (Å²) in [6.45, 7) is 0. The van der Waals surface area contributed by atoms with Crippen LogP contribution in [0.5, 0.6) is 0 Å². The van der Waals surface area contributed by atoms with E-state index in [1.807, 2.05) is 0 Å². The molecule has 0 aliphatic heterocycles. The quantitative estimate of drug-likeness (QED) is 0.472. The molecule has 0 saturated heterocycles. The lowest BCUT2D eigenvalue weighted by Crippen LogP contribution is -2.57. The van der Waals surface area contributed by atoms with Gasteiger partial charge in [-0.3, -0.25) is 0 Å². The number of rotatable bonds is 1. The Kier molecular flexibility index (Phi) is 3.17. The molecule has 0 aromatic rings. The first-order chi connectivity index (χ1) is 5.37. The Morgan fingerprint density at radius 3 is 1.67 bits per heavy atom. The van der Waals surface area contributed by atoms with Crippen molar-refractivity contribution < 1.29 is 29.1 Å². The molecule has 12 heavy (non-hydrogen) atoms. The molecule has 6 nitrogen and oxygen atoms in total. The predicted octanol–water partition coefficient (Wildman–Crippen LogP) is 0.554. The summed E-state index contributed by atoms with van der Waals surface area (Å²) < 4.78 is -1.75. The van der Waals surface area contributed by atoms with Gasteiger partial charge in [0.15, 0.2) is 0 Å². The zero-order valence-corrected chi connectivity index (χ0v) is 6.91. The Hall–Kier alpha value is -1.14. The average Bonchev–Trinajstić information content (AvgIpc) is 2.00. The number of alkyl halides is 1. The molecule has 7 heteroatoms. The van der Waals surface area contributed by atoms with Gasteiger partial charge in [-0.1, -0.05) is 4.48 Å². The lowest BCUT2D eigenvalue weighted by molar-refractivity contribution is -0.683. The Morgan fingerprint density at radius 2 is 1.58 bits per heavy atom. The van der Waals surface area contributed by atoms with Crippen LogP contribution in [0, 0.1) is 0 Å². The Morgan fingerprint density at radius 1 is 1.25 bits per heavy atom. The molecule has 68 valence electrons. The van der Waals surface area contributed by atoms with Crippen molar-refractivity contribution in [2.75, 3.05) is 12.9 Å². The fourth-order valence-corrected chi connectivity index (χ4v) is 0.654. The van der Waals surface area contributed by atoms with Gasteiger partial charge in [0.2, 0.25) is 0 Å². The van der Waals surface area contributed by atoms with Crippen LogP contribution in [0.4, 0.5) is 9.59 Å². The minimum absolute atomic E-state index is 0.658. The number of hydrogen-bond donors (Lipinski definition) is 2. The Labute approximate surface area is 72.5 Å². The number of quaternary nitrogens is 1. The minimum Gasteiger partial charge on any atom is -0.435 e. The normalized spacial score (nSPS) is 10.8. The fraction of sp³-hybridized carbons (Fsp3) is 0.400. The summed E-state index contributed by atoms with van der Waals surface area (Å²) in [6.07, 6.45) is -3.54. The van der Waals surface area contributed by atoms with E-state index in [2.05, 4.69) is 0 Å². The largest absolute Gasteiger partial charge is 0.531 e. The third-order valence-corrected chi connectivity index (χ3v) is 1.61. The maximum atomic E-state index is 10.8. The summed E-state index contributed by atoms with van der Waals surface area (Å²) in [7, 11) is 0.745. The molecule has 0 saturated carbocycles. The third-order valence-electron chi connectivity index (χ3n) is 1.38. The lowest BCUT2D eigenvalue weighted by Gasteiger charge is -2.16. The molecule has 0 unspecified atom stereocenters. The molecule has 0 heterocycles. The molecular formula is C5H7ClNO5+. The van der Waals surface area contributed by atoms with Crippen LogP contribution >= 0.6 is 11.6 Å². The smallest absolute Gasteiger partial charge is 0.435 e. The van der Waals surface area contributed by atoms with Gasteiger partial charge < -0.3 is 10.2 Å². The van der Waals surface area contributed by atoms with Gasteiger partial charge in [0.1, 0.15) is 5.88 Å². The molecule has 0 fully saturated rings. The molecule has 0 radical (unpaired) electrons. The number of amides is 3. The van der Waals surface area contributed by atoms with Crippen molar-refractivity contribution in [1.82, 2.24) is 0 Å². The maximum Gasteiger partial charge on any atom is 0.531 e. The van der Waals surface area contributed by atoms with Crippen LogP contribution in [-0.4, -0.2) is 45.7 Å². The van der Waals surface area contributed by atoms with Crippen molar-refractivity contribution in [3.8, 4) is 0 Å². The number of carbonyl (C=O) groups is 3. The van der Waals surface area contributed by atoms with E-state index < -0.39 is 28.5 Å². The van der Waals surface area contributed by atoms with Crippen molar-refractivity contribution in [1.29, 1.82) is 0 Å². The minimum atomic E-state index is -1.77. The Bertz CT molecular complexity index is 224. The van der Waals surface area contributed by atoms with Gasteiger partial charge in [0.25, 0.3) is 0 Å². The second-order valence-electron chi connectivity index (χ2n) is 2.10. The Balaban J connectivity index is 5.01. The summed E-state index contributed by atoms with van der Waals surface area (Å²) in [5, 5.41) is 16.8. The molecule has 0 aromatic carbocycles. The summed E-state index contributed by atoms with van der Waals surface area (Å²) in [4.78, 5) is 31.5. The second kappa shape index (κ2) is 3.51. The molecule has 3 amide bonds. The highest BCUT2D eigenvalue weighted by Gasteiger charge is 2.48. The van der Waals surface area contributed by atoms with Crippen LogP contribution in [0.2, 0.25) is 0 Å². The monoisotopic (exact) mass is 196 g/mol. The summed E-state index contributed by atoms with van der Waals surface area (Å²) in [5.41, 5.74) is 0.